The Morgan fingerprint density at radius 3 is 2.62 bits per heavy atom. The highest BCUT2D eigenvalue weighted by Crippen LogP contribution is 2.41. The molecule has 10 nitrogen and oxygen atoms in total. The largest absolute Gasteiger partial charge is 0.507 e. The Hall–Kier alpha value is -4.21. The van der Waals surface area contributed by atoms with Crippen LogP contribution in [0.1, 0.15) is 55.3 Å². The number of phenolic OH excluding ortho intramolecular Hbond substituents is 1. The summed E-state index contributed by atoms with van der Waals surface area (Å²) in [5.41, 5.74) is 1.18. The van der Waals surface area contributed by atoms with Gasteiger partial charge in [-0.15, -0.1) is 0 Å². The number of hydrogen-bond donors (Lipinski definition) is 1. The predicted molar refractivity (Wildman–Crippen MR) is 143 cm³/mol. The number of ether oxygens (including phenoxy) is 4. The zero-order chi connectivity index (χ0) is 27.7. The first-order valence-corrected chi connectivity index (χ1v) is 12.9. The fraction of sp³-hybridized carbons (Fsp3) is 0.414. The molecule has 5 rings (SSSR count). The Labute approximate surface area is 227 Å². The molecule has 1 aromatic heterocycles. The Morgan fingerprint density at radius 2 is 1.90 bits per heavy atom. The second-order valence-corrected chi connectivity index (χ2v) is 10.4. The number of carbonyl (C=O) groups is 1. The summed E-state index contributed by atoms with van der Waals surface area (Å²) in [6.07, 6.45) is 1.87. The van der Waals surface area contributed by atoms with Gasteiger partial charge in [0.05, 0.1) is 20.6 Å². The molecule has 3 heterocycles. The number of likely N-dealkylation sites (tertiary alicyclic amines) is 1. The fourth-order valence-corrected chi connectivity index (χ4v) is 5.02. The zero-order valence-corrected chi connectivity index (χ0v) is 22.7. The standard InChI is InChI=1S/C29H33N3O7/c1-17(16-37-20-13-21(33)26-22(34)15-29(2,3)38-25(26)14-20)32-10-8-18(9-11-32)28-30-27(31-39-28)19-6-7-23(35-4)24(12-19)36-5/h6-7,12-14,18,33H,1,8-11,15-16H2,2-5H3. The Kier molecular flexibility index (Phi) is 7.12. The van der Waals surface area contributed by atoms with Crippen molar-refractivity contribution in [1.29, 1.82) is 0 Å². The number of aromatic nitrogens is 2. The molecule has 2 aromatic carbocycles. The highest BCUT2D eigenvalue weighted by molar-refractivity contribution is 6.03. The number of aromatic hydroxyl groups is 1. The van der Waals surface area contributed by atoms with E-state index in [1.807, 2.05) is 32.0 Å². The van der Waals surface area contributed by atoms with Crippen molar-refractivity contribution in [2.24, 2.45) is 0 Å². The first kappa shape index (κ1) is 26.4. The molecule has 2 aliphatic rings. The smallest absolute Gasteiger partial charge is 0.230 e. The molecule has 39 heavy (non-hydrogen) atoms. The topological polar surface area (TPSA) is 116 Å². The van der Waals surface area contributed by atoms with E-state index >= 15 is 0 Å². The highest BCUT2D eigenvalue weighted by atomic mass is 16.5. The van der Waals surface area contributed by atoms with Crippen molar-refractivity contribution in [2.45, 2.75) is 44.6 Å². The van der Waals surface area contributed by atoms with Crippen molar-refractivity contribution in [3.63, 3.8) is 0 Å². The van der Waals surface area contributed by atoms with Crippen LogP contribution in [0, 0.1) is 0 Å². The quantitative estimate of drug-likeness (QED) is 0.423. The van der Waals surface area contributed by atoms with Crippen LogP contribution in [0.3, 0.4) is 0 Å². The van der Waals surface area contributed by atoms with Gasteiger partial charge in [0.15, 0.2) is 17.3 Å². The van der Waals surface area contributed by atoms with Crippen LogP contribution in [0.4, 0.5) is 0 Å². The van der Waals surface area contributed by atoms with E-state index in [2.05, 4.69) is 21.6 Å². The van der Waals surface area contributed by atoms with Crippen molar-refractivity contribution < 1.29 is 33.4 Å². The molecule has 1 fully saturated rings. The summed E-state index contributed by atoms with van der Waals surface area (Å²) >= 11 is 0. The third-order valence-corrected chi connectivity index (χ3v) is 7.09. The molecule has 0 atom stereocenters. The van der Waals surface area contributed by atoms with Crippen LogP contribution in [-0.4, -0.2) is 65.4 Å². The number of rotatable bonds is 8. The minimum absolute atomic E-state index is 0.138. The maximum atomic E-state index is 12.4. The van der Waals surface area contributed by atoms with Gasteiger partial charge in [0.1, 0.15) is 35.0 Å². The molecule has 3 aromatic rings. The molecule has 10 heteroatoms. The lowest BCUT2D eigenvalue weighted by Crippen LogP contribution is -2.36. The minimum atomic E-state index is -0.635. The van der Waals surface area contributed by atoms with Gasteiger partial charge >= 0.3 is 0 Å². The first-order valence-electron chi connectivity index (χ1n) is 12.9. The Morgan fingerprint density at radius 1 is 1.15 bits per heavy atom. The van der Waals surface area contributed by atoms with E-state index in [0.717, 1.165) is 37.2 Å². The summed E-state index contributed by atoms with van der Waals surface area (Å²) in [6, 6.07) is 8.61. The van der Waals surface area contributed by atoms with Crippen LogP contribution in [0.2, 0.25) is 0 Å². The van der Waals surface area contributed by atoms with Crippen molar-refractivity contribution in [2.75, 3.05) is 33.9 Å². The van der Waals surface area contributed by atoms with Crippen LogP contribution in [0.15, 0.2) is 47.1 Å². The SMILES string of the molecule is C=C(COc1cc(O)c2c(c1)OC(C)(C)CC2=O)N1CCC(c2nc(-c3ccc(OC)c(OC)c3)no2)CC1. The van der Waals surface area contributed by atoms with E-state index in [-0.39, 0.29) is 36.0 Å². The van der Waals surface area contributed by atoms with Gasteiger partial charge in [0.2, 0.25) is 11.7 Å². The average molecular weight is 536 g/mol. The molecular weight excluding hydrogens is 502 g/mol. The van der Waals surface area contributed by atoms with Gasteiger partial charge in [-0.05, 0) is 44.9 Å². The Bertz CT molecular complexity index is 1390. The molecule has 0 radical (unpaired) electrons. The third-order valence-electron chi connectivity index (χ3n) is 7.09. The lowest BCUT2D eigenvalue weighted by atomic mass is 9.92. The number of ketones is 1. The molecule has 0 saturated carbocycles. The number of nitrogens with zero attached hydrogens (tertiary/aromatic N) is 3. The van der Waals surface area contributed by atoms with Gasteiger partial charge in [-0.2, -0.15) is 4.98 Å². The first-order chi connectivity index (χ1) is 18.7. The van der Waals surface area contributed by atoms with Crippen LogP contribution < -0.4 is 18.9 Å². The molecular formula is C29H33N3O7. The van der Waals surface area contributed by atoms with E-state index in [1.54, 1.807) is 20.3 Å². The molecule has 0 spiro atoms. The monoisotopic (exact) mass is 535 g/mol. The predicted octanol–water partition coefficient (Wildman–Crippen LogP) is 4.98. The van der Waals surface area contributed by atoms with Crippen molar-refractivity contribution in [3.05, 3.63) is 54.1 Å². The lowest BCUT2D eigenvalue weighted by Gasteiger charge is -2.33. The summed E-state index contributed by atoms with van der Waals surface area (Å²) in [6.45, 7) is 9.65. The number of Topliss-reactive ketones (excluding diaryl/α,β-unsaturated/α-hetero) is 1. The van der Waals surface area contributed by atoms with Crippen LogP contribution in [0.25, 0.3) is 11.4 Å². The van der Waals surface area contributed by atoms with Gasteiger partial charge < -0.3 is 33.5 Å². The maximum Gasteiger partial charge on any atom is 0.230 e. The number of piperidine rings is 1. The van der Waals surface area contributed by atoms with Crippen LogP contribution in [0.5, 0.6) is 28.7 Å². The summed E-state index contributed by atoms with van der Waals surface area (Å²) < 4.78 is 28.1. The molecule has 206 valence electrons. The Balaban J connectivity index is 1.17. The van der Waals surface area contributed by atoms with Crippen LogP contribution >= 0.6 is 0 Å². The maximum absolute atomic E-state index is 12.4. The number of carbonyl (C=O) groups excluding carboxylic acids is 1. The van der Waals surface area contributed by atoms with Crippen molar-refractivity contribution in [1.82, 2.24) is 15.0 Å². The summed E-state index contributed by atoms with van der Waals surface area (Å²) in [5.74, 6) is 2.98. The number of fused-ring (bicyclic) bond motifs is 1. The molecule has 0 amide bonds. The minimum Gasteiger partial charge on any atom is -0.507 e. The highest BCUT2D eigenvalue weighted by Gasteiger charge is 2.35. The lowest BCUT2D eigenvalue weighted by molar-refractivity contribution is 0.0612. The number of benzene rings is 2. The zero-order valence-electron chi connectivity index (χ0n) is 22.7. The molecule has 1 saturated heterocycles. The van der Waals surface area contributed by atoms with Gasteiger partial charge in [0.25, 0.3) is 0 Å². The third kappa shape index (κ3) is 5.50. The summed E-state index contributed by atoms with van der Waals surface area (Å²) in [7, 11) is 3.18. The van der Waals surface area contributed by atoms with E-state index < -0.39 is 5.60 Å². The molecule has 0 bridgehead atoms. The van der Waals surface area contributed by atoms with E-state index in [4.69, 9.17) is 23.5 Å². The van der Waals surface area contributed by atoms with E-state index in [9.17, 15) is 9.90 Å². The normalized spacial score (nSPS) is 16.8. The van der Waals surface area contributed by atoms with Crippen molar-refractivity contribution in [3.8, 4) is 40.1 Å². The van der Waals surface area contributed by atoms with Gasteiger partial charge in [-0.3, -0.25) is 4.79 Å². The molecule has 1 N–H and O–H groups in total. The average Bonchev–Trinajstić information content (AvgIpc) is 3.40. The van der Waals surface area contributed by atoms with E-state index in [0.29, 0.717) is 34.7 Å². The molecule has 0 unspecified atom stereocenters. The summed E-state index contributed by atoms with van der Waals surface area (Å²) in [5, 5.41) is 14.6. The number of hydrogen-bond acceptors (Lipinski definition) is 10. The molecule has 2 aliphatic heterocycles. The fourth-order valence-electron chi connectivity index (χ4n) is 5.02. The van der Waals surface area contributed by atoms with Crippen LogP contribution in [-0.2, 0) is 0 Å². The molecule has 0 aliphatic carbocycles. The van der Waals surface area contributed by atoms with Gasteiger partial charge in [0, 0.05) is 42.4 Å². The van der Waals surface area contributed by atoms with Crippen molar-refractivity contribution >= 4 is 5.78 Å². The second-order valence-electron chi connectivity index (χ2n) is 10.4. The second kappa shape index (κ2) is 10.5. The van der Waals surface area contributed by atoms with Gasteiger partial charge in [-0.25, -0.2) is 0 Å². The number of phenols is 1. The van der Waals surface area contributed by atoms with Gasteiger partial charge in [-0.1, -0.05) is 11.7 Å². The summed E-state index contributed by atoms with van der Waals surface area (Å²) in [4.78, 5) is 19.2. The van der Waals surface area contributed by atoms with E-state index in [1.165, 1.54) is 6.07 Å². The number of methoxy groups -OCH3 is 2.